The molecule has 0 radical (unpaired) electrons. The third-order valence-electron chi connectivity index (χ3n) is 5.50. The molecule has 3 rings (SSSR count). The lowest BCUT2D eigenvalue weighted by atomic mass is 10.1. The van der Waals surface area contributed by atoms with Gasteiger partial charge in [-0.3, -0.25) is 9.59 Å². The predicted molar refractivity (Wildman–Crippen MR) is 156 cm³/mol. The van der Waals surface area contributed by atoms with Gasteiger partial charge in [0.25, 0.3) is 11.8 Å². The van der Waals surface area contributed by atoms with Crippen LogP contribution in [0.4, 0.5) is 11.4 Å². The van der Waals surface area contributed by atoms with Crippen LogP contribution in [0, 0.1) is 28.7 Å². The molecule has 0 aliphatic heterocycles. The van der Waals surface area contributed by atoms with E-state index in [1.165, 1.54) is 44.6 Å². The normalized spacial score (nSPS) is 10.7. The van der Waals surface area contributed by atoms with Gasteiger partial charge in [-0.15, -0.1) is 0 Å². The molecule has 2 N–H and O–H groups in total. The first-order chi connectivity index (χ1) is 18.6. The molecule has 200 valence electrons. The second-order valence-electron chi connectivity index (χ2n) is 8.38. The van der Waals surface area contributed by atoms with Crippen molar-refractivity contribution < 1.29 is 28.6 Å². The van der Waals surface area contributed by atoms with Crippen molar-refractivity contribution in [1.82, 2.24) is 0 Å². The summed E-state index contributed by atoms with van der Waals surface area (Å²) in [4.78, 5) is 36.8. The number of esters is 1. The Labute approximate surface area is 239 Å². The van der Waals surface area contributed by atoms with E-state index < -0.39 is 11.9 Å². The minimum atomic E-state index is -0.624. The number of nitrogens with one attached hydrogen (secondary N) is 2. The summed E-state index contributed by atoms with van der Waals surface area (Å²) < 4.78 is 16.5. The molecule has 0 aliphatic rings. The molecule has 0 bridgehead atoms. The van der Waals surface area contributed by atoms with Crippen LogP contribution in [0.1, 0.15) is 27.0 Å². The number of carbonyl (C=O) groups is 3. The summed E-state index contributed by atoms with van der Waals surface area (Å²) in [5.41, 5.74) is 3.87. The lowest BCUT2D eigenvalue weighted by Crippen LogP contribution is -2.21. The molecule has 9 nitrogen and oxygen atoms in total. The maximum Gasteiger partial charge on any atom is 0.337 e. The molecule has 10 heteroatoms. The molecular formula is C29H26IN3O6. The molecule has 0 unspecified atom stereocenters. The fraction of sp³-hybridized carbons (Fsp3) is 0.172. The smallest absolute Gasteiger partial charge is 0.337 e. The molecule has 3 aromatic carbocycles. The van der Waals surface area contributed by atoms with E-state index in [1.54, 1.807) is 12.1 Å². The molecule has 3 aromatic rings. The summed E-state index contributed by atoms with van der Waals surface area (Å²) in [6.45, 7) is 3.65. The van der Waals surface area contributed by atoms with Gasteiger partial charge in [0, 0.05) is 11.4 Å². The van der Waals surface area contributed by atoms with E-state index in [2.05, 4.69) is 15.4 Å². The van der Waals surface area contributed by atoms with Gasteiger partial charge in [0.05, 0.1) is 23.4 Å². The fourth-order valence-electron chi connectivity index (χ4n) is 3.56. The molecule has 0 aliphatic carbocycles. The van der Waals surface area contributed by atoms with Crippen LogP contribution in [0.2, 0.25) is 0 Å². The highest BCUT2D eigenvalue weighted by Crippen LogP contribution is 2.34. The van der Waals surface area contributed by atoms with Crippen molar-refractivity contribution in [3.8, 4) is 17.6 Å². The zero-order valence-electron chi connectivity index (χ0n) is 21.8. The predicted octanol–water partition coefficient (Wildman–Crippen LogP) is 5.27. The molecule has 0 fully saturated rings. The number of amides is 2. The van der Waals surface area contributed by atoms with E-state index >= 15 is 0 Å². The summed E-state index contributed by atoms with van der Waals surface area (Å²) in [5.74, 6) is -0.751. The second-order valence-corrected chi connectivity index (χ2v) is 9.54. The number of hydrogen-bond donors (Lipinski definition) is 2. The van der Waals surface area contributed by atoms with Crippen LogP contribution in [-0.2, 0) is 14.3 Å². The zero-order chi connectivity index (χ0) is 28.5. The van der Waals surface area contributed by atoms with E-state index in [1.807, 2.05) is 60.7 Å². The maximum atomic E-state index is 12.7. The average Bonchev–Trinajstić information content (AvgIpc) is 2.92. The largest absolute Gasteiger partial charge is 0.493 e. The van der Waals surface area contributed by atoms with Crippen molar-refractivity contribution in [3.63, 3.8) is 0 Å². The van der Waals surface area contributed by atoms with Crippen LogP contribution in [0.3, 0.4) is 0 Å². The Morgan fingerprint density at radius 3 is 2.33 bits per heavy atom. The van der Waals surface area contributed by atoms with E-state index in [-0.39, 0.29) is 18.1 Å². The van der Waals surface area contributed by atoms with Crippen LogP contribution < -0.4 is 20.1 Å². The van der Waals surface area contributed by atoms with E-state index in [9.17, 15) is 19.6 Å². The van der Waals surface area contributed by atoms with Crippen LogP contribution in [0.15, 0.2) is 60.2 Å². The number of hydrogen-bond acceptors (Lipinski definition) is 7. The summed E-state index contributed by atoms with van der Waals surface area (Å²) >= 11 is 2.03. The van der Waals surface area contributed by atoms with Crippen molar-refractivity contribution in [2.45, 2.75) is 13.8 Å². The monoisotopic (exact) mass is 639 g/mol. The van der Waals surface area contributed by atoms with Crippen LogP contribution in [-0.4, -0.2) is 38.6 Å². The number of anilines is 2. The second kappa shape index (κ2) is 13.4. The number of nitriles is 1. The summed E-state index contributed by atoms with van der Waals surface area (Å²) in [6.07, 6.45) is 1.42. The van der Waals surface area contributed by atoms with Crippen LogP contribution in [0.25, 0.3) is 6.08 Å². The van der Waals surface area contributed by atoms with Gasteiger partial charge in [-0.2, -0.15) is 5.26 Å². The van der Waals surface area contributed by atoms with Crippen molar-refractivity contribution in [3.05, 3.63) is 86.0 Å². The summed E-state index contributed by atoms with van der Waals surface area (Å²) in [5, 5.41) is 15.1. The first-order valence-electron chi connectivity index (χ1n) is 11.6. The van der Waals surface area contributed by atoms with Crippen LogP contribution in [0.5, 0.6) is 11.5 Å². The number of halogens is 1. The fourth-order valence-corrected chi connectivity index (χ4v) is 4.34. The SMILES string of the molecule is COC(=O)c1ccc(NC(=O)/C(C#N)=C\c2cc(I)c(OCC(=O)Nc3ccc(C)cc3C)c(OC)c2)cc1. The molecule has 0 saturated carbocycles. The van der Waals surface area contributed by atoms with E-state index in [0.29, 0.717) is 37.6 Å². The number of nitrogens with zero attached hydrogens (tertiary/aromatic N) is 1. The Morgan fingerprint density at radius 1 is 1.00 bits per heavy atom. The summed E-state index contributed by atoms with van der Waals surface area (Å²) in [7, 11) is 2.73. The molecule has 39 heavy (non-hydrogen) atoms. The lowest BCUT2D eigenvalue weighted by Gasteiger charge is -2.14. The van der Waals surface area contributed by atoms with E-state index in [4.69, 9.17) is 9.47 Å². The van der Waals surface area contributed by atoms with Gasteiger partial charge in [0.1, 0.15) is 11.6 Å². The highest BCUT2D eigenvalue weighted by atomic mass is 127. The van der Waals surface area contributed by atoms with E-state index in [0.717, 1.165) is 11.1 Å². The Bertz CT molecular complexity index is 1480. The average molecular weight is 639 g/mol. The topological polar surface area (TPSA) is 127 Å². The molecule has 0 atom stereocenters. The van der Waals surface area contributed by atoms with Crippen molar-refractivity contribution in [2.75, 3.05) is 31.5 Å². The number of ether oxygens (including phenoxy) is 3. The molecule has 0 heterocycles. The Balaban J connectivity index is 1.72. The van der Waals surface area contributed by atoms with Crippen LogP contribution >= 0.6 is 22.6 Å². The number of rotatable bonds is 9. The van der Waals surface area contributed by atoms with Crippen molar-refractivity contribution >= 4 is 57.8 Å². The number of carbonyl (C=O) groups excluding carboxylic acids is 3. The molecule has 0 aromatic heterocycles. The minimum absolute atomic E-state index is 0.147. The van der Waals surface area contributed by atoms with Gasteiger partial charge in [-0.1, -0.05) is 17.7 Å². The minimum Gasteiger partial charge on any atom is -0.493 e. The maximum absolute atomic E-state index is 12.7. The highest BCUT2D eigenvalue weighted by molar-refractivity contribution is 14.1. The number of aryl methyl sites for hydroxylation is 2. The van der Waals surface area contributed by atoms with Gasteiger partial charge in [0.2, 0.25) is 0 Å². The molecule has 2 amide bonds. The van der Waals surface area contributed by atoms with Gasteiger partial charge in [-0.05, 0) is 96.1 Å². The Morgan fingerprint density at radius 2 is 1.72 bits per heavy atom. The quantitative estimate of drug-likeness (QED) is 0.142. The third-order valence-corrected chi connectivity index (χ3v) is 6.30. The standard InChI is InChI=1S/C29H26IN3O6/c1-17-5-10-24(18(2)11-17)33-26(34)16-39-27-23(30)13-19(14-25(27)37-3)12-21(15-31)28(35)32-22-8-6-20(7-9-22)29(36)38-4/h5-14H,16H2,1-4H3,(H,32,35)(H,33,34)/b21-12-. The van der Waals surface area contributed by atoms with Crippen molar-refractivity contribution in [2.24, 2.45) is 0 Å². The molecule has 0 saturated heterocycles. The van der Waals surface area contributed by atoms with Gasteiger partial charge < -0.3 is 24.8 Å². The highest BCUT2D eigenvalue weighted by Gasteiger charge is 2.16. The van der Waals surface area contributed by atoms with Gasteiger partial charge in [-0.25, -0.2) is 4.79 Å². The first-order valence-corrected chi connectivity index (χ1v) is 12.7. The number of methoxy groups -OCH3 is 2. The molecular weight excluding hydrogens is 613 g/mol. The number of benzene rings is 3. The van der Waals surface area contributed by atoms with Gasteiger partial charge >= 0.3 is 5.97 Å². The first kappa shape index (κ1) is 29.2. The lowest BCUT2D eigenvalue weighted by molar-refractivity contribution is -0.118. The Hall–Kier alpha value is -4.37. The molecule has 0 spiro atoms. The third kappa shape index (κ3) is 7.81. The zero-order valence-corrected chi connectivity index (χ0v) is 23.9. The Kier molecular flexibility index (Phi) is 10.1. The van der Waals surface area contributed by atoms with Gasteiger partial charge in [0.15, 0.2) is 18.1 Å². The van der Waals surface area contributed by atoms with Crippen molar-refractivity contribution in [1.29, 1.82) is 5.26 Å². The summed E-state index contributed by atoms with van der Waals surface area (Å²) in [6, 6.07) is 17.0.